The SMILES string of the molecule is CCc1cnc(C(C)NC(=O)C2CNCC2C)s1. The molecule has 0 bridgehead atoms. The number of thiazole rings is 1. The molecule has 0 aliphatic carbocycles. The fourth-order valence-corrected chi connectivity index (χ4v) is 3.09. The first-order chi connectivity index (χ1) is 8.61. The molecule has 3 unspecified atom stereocenters. The van der Waals surface area contributed by atoms with Gasteiger partial charge in [0.1, 0.15) is 5.01 Å². The number of nitrogens with one attached hydrogen (secondary N) is 2. The van der Waals surface area contributed by atoms with Gasteiger partial charge in [-0.25, -0.2) is 4.98 Å². The van der Waals surface area contributed by atoms with Crippen LogP contribution in [-0.2, 0) is 11.2 Å². The molecule has 2 rings (SSSR count). The number of nitrogens with zero attached hydrogens (tertiary/aromatic N) is 1. The van der Waals surface area contributed by atoms with Crippen LogP contribution in [0.25, 0.3) is 0 Å². The number of amides is 1. The van der Waals surface area contributed by atoms with Crippen molar-refractivity contribution in [3.05, 3.63) is 16.1 Å². The molecule has 0 radical (unpaired) electrons. The van der Waals surface area contributed by atoms with Gasteiger partial charge >= 0.3 is 0 Å². The summed E-state index contributed by atoms with van der Waals surface area (Å²) in [6.45, 7) is 7.96. The Morgan fingerprint density at radius 1 is 1.67 bits per heavy atom. The van der Waals surface area contributed by atoms with E-state index >= 15 is 0 Å². The zero-order valence-electron chi connectivity index (χ0n) is 11.2. The highest BCUT2D eigenvalue weighted by Gasteiger charge is 2.30. The second-order valence-electron chi connectivity index (χ2n) is 4.99. The summed E-state index contributed by atoms with van der Waals surface area (Å²) in [7, 11) is 0. The van der Waals surface area contributed by atoms with E-state index in [-0.39, 0.29) is 17.9 Å². The van der Waals surface area contributed by atoms with Crippen LogP contribution >= 0.6 is 11.3 Å². The van der Waals surface area contributed by atoms with Gasteiger partial charge in [-0.1, -0.05) is 13.8 Å². The van der Waals surface area contributed by atoms with Crippen molar-refractivity contribution in [2.24, 2.45) is 11.8 Å². The van der Waals surface area contributed by atoms with Crippen LogP contribution in [0.1, 0.15) is 36.7 Å². The van der Waals surface area contributed by atoms with Gasteiger partial charge in [-0.05, 0) is 25.8 Å². The second kappa shape index (κ2) is 5.80. The number of hydrogen-bond acceptors (Lipinski definition) is 4. The van der Waals surface area contributed by atoms with Crippen molar-refractivity contribution >= 4 is 17.2 Å². The molecule has 0 aromatic carbocycles. The Bertz CT molecular complexity index is 418. The zero-order chi connectivity index (χ0) is 13.1. The molecular formula is C13H21N3OS. The normalized spacial score (nSPS) is 25.1. The van der Waals surface area contributed by atoms with Gasteiger partial charge in [0.25, 0.3) is 0 Å². The van der Waals surface area contributed by atoms with E-state index in [2.05, 4.69) is 29.5 Å². The maximum atomic E-state index is 12.1. The smallest absolute Gasteiger partial charge is 0.225 e. The quantitative estimate of drug-likeness (QED) is 0.873. The number of aromatic nitrogens is 1. The first-order valence-corrected chi connectivity index (χ1v) is 7.39. The molecule has 0 spiro atoms. The number of rotatable bonds is 4. The highest BCUT2D eigenvalue weighted by molar-refractivity contribution is 7.11. The minimum absolute atomic E-state index is 0.00981. The van der Waals surface area contributed by atoms with Gasteiger partial charge in [-0.15, -0.1) is 11.3 Å². The monoisotopic (exact) mass is 267 g/mol. The lowest BCUT2D eigenvalue weighted by atomic mass is 9.97. The minimum Gasteiger partial charge on any atom is -0.347 e. The number of carbonyl (C=O) groups is 1. The molecule has 0 saturated carbocycles. The van der Waals surface area contributed by atoms with Gasteiger partial charge in [-0.3, -0.25) is 4.79 Å². The van der Waals surface area contributed by atoms with Gasteiger partial charge in [0.05, 0.1) is 12.0 Å². The molecule has 4 nitrogen and oxygen atoms in total. The topological polar surface area (TPSA) is 54.0 Å². The third-order valence-electron chi connectivity index (χ3n) is 3.50. The molecule has 1 aromatic rings. The summed E-state index contributed by atoms with van der Waals surface area (Å²) >= 11 is 1.68. The first-order valence-electron chi connectivity index (χ1n) is 6.57. The Labute approximate surface area is 112 Å². The summed E-state index contributed by atoms with van der Waals surface area (Å²) in [6.07, 6.45) is 2.91. The molecule has 1 saturated heterocycles. The summed E-state index contributed by atoms with van der Waals surface area (Å²) in [5, 5.41) is 7.33. The molecule has 1 fully saturated rings. The summed E-state index contributed by atoms with van der Waals surface area (Å²) in [5.41, 5.74) is 0. The van der Waals surface area contributed by atoms with Gasteiger partial charge in [-0.2, -0.15) is 0 Å². The Balaban J connectivity index is 1.94. The molecular weight excluding hydrogens is 246 g/mol. The third-order valence-corrected chi connectivity index (χ3v) is 4.83. The van der Waals surface area contributed by atoms with Crippen molar-refractivity contribution in [1.82, 2.24) is 15.6 Å². The molecule has 1 aliphatic heterocycles. The van der Waals surface area contributed by atoms with Crippen molar-refractivity contribution in [2.45, 2.75) is 33.2 Å². The zero-order valence-corrected chi connectivity index (χ0v) is 12.0. The summed E-state index contributed by atoms with van der Waals surface area (Å²) in [4.78, 5) is 17.8. The summed E-state index contributed by atoms with van der Waals surface area (Å²) < 4.78 is 0. The van der Waals surface area contributed by atoms with Crippen LogP contribution in [0.4, 0.5) is 0 Å². The van der Waals surface area contributed by atoms with Crippen LogP contribution < -0.4 is 10.6 Å². The molecule has 5 heteroatoms. The van der Waals surface area contributed by atoms with Crippen molar-refractivity contribution in [2.75, 3.05) is 13.1 Å². The van der Waals surface area contributed by atoms with Crippen molar-refractivity contribution in [1.29, 1.82) is 0 Å². The van der Waals surface area contributed by atoms with E-state index in [1.807, 2.05) is 13.1 Å². The second-order valence-corrected chi connectivity index (χ2v) is 6.14. The van der Waals surface area contributed by atoms with Crippen molar-refractivity contribution in [3.63, 3.8) is 0 Å². The molecule has 18 heavy (non-hydrogen) atoms. The van der Waals surface area contributed by atoms with E-state index < -0.39 is 0 Å². The van der Waals surface area contributed by atoms with Gasteiger partial charge < -0.3 is 10.6 Å². The molecule has 1 aliphatic rings. The van der Waals surface area contributed by atoms with E-state index in [1.54, 1.807) is 11.3 Å². The lowest BCUT2D eigenvalue weighted by molar-refractivity contribution is -0.126. The number of aryl methyl sites for hydroxylation is 1. The minimum atomic E-state index is 0.00981. The van der Waals surface area contributed by atoms with E-state index in [4.69, 9.17) is 0 Å². The predicted molar refractivity (Wildman–Crippen MR) is 73.6 cm³/mol. The molecule has 1 amide bonds. The first kappa shape index (κ1) is 13.5. The average Bonchev–Trinajstić information content (AvgIpc) is 2.96. The standard InChI is InChI=1S/C13H21N3OS/c1-4-10-6-15-13(18-10)9(3)16-12(17)11-7-14-5-8(11)2/h6,8-9,11,14H,4-5,7H2,1-3H3,(H,16,17). The summed E-state index contributed by atoms with van der Waals surface area (Å²) in [5.74, 6) is 0.658. The van der Waals surface area contributed by atoms with Gasteiger partial charge in [0.2, 0.25) is 5.91 Å². The Kier molecular flexibility index (Phi) is 4.35. The molecule has 3 atom stereocenters. The maximum absolute atomic E-state index is 12.1. The summed E-state index contributed by atoms with van der Waals surface area (Å²) in [6, 6.07) is 0.00981. The van der Waals surface area contributed by atoms with Gasteiger partial charge in [0, 0.05) is 17.6 Å². The van der Waals surface area contributed by atoms with Crippen LogP contribution in [0.2, 0.25) is 0 Å². The van der Waals surface area contributed by atoms with E-state index in [9.17, 15) is 4.79 Å². The van der Waals surface area contributed by atoms with Crippen LogP contribution in [0.3, 0.4) is 0 Å². The lowest BCUT2D eigenvalue weighted by Crippen LogP contribution is -2.35. The fourth-order valence-electron chi connectivity index (χ4n) is 2.23. The van der Waals surface area contributed by atoms with Crippen molar-refractivity contribution in [3.8, 4) is 0 Å². The highest BCUT2D eigenvalue weighted by atomic mass is 32.1. The predicted octanol–water partition coefficient (Wildman–Crippen LogP) is 1.74. The van der Waals surface area contributed by atoms with Gasteiger partial charge in [0.15, 0.2) is 0 Å². The maximum Gasteiger partial charge on any atom is 0.225 e. The molecule has 2 heterocycles. The molecule has 100 valence electrons. The average molecular weight is 267 g/mol. The Morgan fingerprint density at radius 3 is 3.00 bits per heavy atom. The van der Waals surface area contributed by atoms with Crippen LogP contribution in [-0.4, -0.2) is 24.0 Å². The third kappa shape index (κ3) is 2.90. The molecule has 1 aromatic heterocycles. The van der Waals surface area contributed by atoms with Crippen LogP contribution in [0.5, 0.6) is 0 Å². The number of hydrogen-bond donors (Lipinski definition) is 2. The van der Waals surface area contributed by atoms with Crippen molar-refractivity contribution < 1.29 is 4.79 Å². The van der Waals surface area contributed by atoms with E-state index in [0.29, 0.717) is 5.92 Å². The van der Waals surface area contributed by atoms with E-state index in [0.717, 1.165) is 24.5 Å². The Hall–Kier alpha value is -0.940. The van der Waals surface area contributed by atoms with E-state index in [1.165, 1.54) is 4.88 Å². The number of carbonyl (C=O) groups excluding carboxylic acids is 1. The van der Waals surface area contributed by atoms with Crippen LogP contribution in [0.15, 0.2) is 6.20 Å². The molecule has 2 N–H and O–H groups in total. The largest absolute Gasteiger partial charge is 0.347 e. The fraction of sp³-hybridized carbons (Fsp3) is 0.692. The Morgan fingerprint density at radius 2 is 2.44 bits per heavy atom. The van der Waals surface area contributed by atoms with Crippen LogP contribution in [0, 0.1) is 11.8 Å². The lowest BCUT2D eigenvalue weighted by Gasteiger charge is -2.17. The highest BCUT2D eigenvalue weighted by Crippen LogP contribution is 2.22.